The summed E-state index contributed by atoms with van der Waals surface area (Å²) in [4.78, 5) is 54.9. The molecule has 182 valence electrons. The zero-order chi connectivity index (χ0) is 25.1. The average molecular weight is 472 g/mol. The molecule has 2 atom stereocenters. The van der Waals surface area contributed by atoms with E-state index in [1.165, 1.54) is 7.05 Å². The lowest BCUT2D eigenvalue weighted by Gasteiger charge is -2.22. The third-order valence-corrected chi connectivity index (χ3v) is 4.90. The van der Waals surface area contributed by atoms with Crippen LogP contribution in [0.25, 0.3) is 16.4 Å². The second-order valence-electron chi connectivity index (χ2n) is 7.83. The molecule has 0 bridgehead atoms. The topological polar surface area (TPSA) is 163 Å². The van der Waals surface area contributed by atoms with Crippen molar-refractivity contribution in [2.45, 2.75) is 51.4 Å². The van der Waals surface area contributed by atoms with Crippen LogP contribution in [0.5, 0.6) is 0 Å². The first kappa shape index (κ1) is 26.4. The number of H-pyrrole nitrogens is 1. The van der Waals surface area contributed by atoms with Gasteiger partial charge in [0.1, 0.15) is 18.8 Å². The van der Waals surface area contributed by atoms with E-state index in [0.29, 0.717) is 0 Å². The van der Waals surface area contributed by atoms with Crippen molar-refractivity contribution in [3.63, 3.8) is 0 Å². The Hall–Kier alpha value is -3.82. The van der Waals surface area contributed by atoms with Crippen molar-refractivity contribution in [2.24, 2.45) is 0 Å². The third kappa shape index (κ3) is 7.95. The van der Waals surface area contributed by atoms with Crippen molar-refractivity contribution in [3.8, 4) is 0 Å². The molecule has 0 spiro atoms. The molecule has 0 saturated heterocycles. The van der Waals surface area contributed by atoms with E-state index in [2.05, 4.69) is 20.4 Å². The van der Waals surface area contributed by atoms with Crippen molar-refractivity contribution >= 4 is 40.7 Å². The number of likely N-dealkylation sites (N-methyl/N-ethyl adjacent to an activating group) is 1. The molecule has 34 heavy (non-hydrogen) atoms. The Morgan fingerprint density at radius 1 is 1.21 bits per heavy atom. The number of aromatic nitrogens is 1. The zero-order valence-corrected chi connectivity index (χ0v) is 19.4. The molecule has 0 radical (unpaired) electrons. The van der Waals surface area contributed by atoms with Gasteiger partial charge in [-0.2, -0.15) is 4.79 Å². The maximum absolute atomic E-state index is 13.1. The Labute approximate surface area is 196 Å². The van der Waals surface area contributed by atoms with E-state index in [0.717, 1.165) is 22.7 Å². The first-order chi connectivity index (χ1) is 16.2. The average Bonchev–Trinajstić information content (AvgIpc) is 3.21. The zero-order valence-electron chi connectivity index (χ0n) is 19.4. The van der Waals surface area contributed by atoms with Crippen LogP contribution in [-0.4, -0.2) is 71.5 Å². The van der Waals surface area contributed by atoms with E-state index in [9.17, 15) is 19.2 Å². The first-order valence-electron chi connectivity index (χ1n) is 10.8. The fourth-order valence-corrected chi connectivity index (χ4v) is 3.22. The van der Waals surface area contributed by atoms with Gasteiger partial charge in [-0.25, -0.2) is 4.79 Å². The van der Waals surface area contributed by atoms with Gasteiger partial charge in [-0.15, -0.1) is 0 Å². The van der Waals surface area contributed by atoms with Gasteiger partial charge in [-0.3, -0.25) is 14.4 Å². The van der Waals surface area contributed by atoms with Gasteiger partial charge in [-0.1, -0.05) is 18.2 Å². The molecule has 0 unspecified atom stereocenters. The molecule has 0 aliphatic carbocycles. The van der Waals surface area contributed by atoms with Crippen LogP contribution in [0.2, 0.25) is 0 Å². The van der Waals surface area contributed by atoms with Gasteiger partial charge in [0.05, 0.1) is 6.10 Å². The molecular formula is C23H29N5O6. The molecule has 0 fully saturated rings. The molecule has 2 amide bonds. The quantitative estimate of drug-likeness (QED) is 0.170. The van der Waals surface area contributed by atoms with E-state index in [4.69, 9.17) is 15.0 Å². The number of carbonyl (C=O) groups is 4. The largest absolute Gasteiger partial charge is 0.461 e. The molecular weight excluding hydrogens is 442 g/mol. The number of amides is 2. The highest BCUT2D eigenvalue weighted by Crippen LogP contribution is 2.20. The second-order valence-corrected chi connectivity index (χ2v) is 7.83. The standard InChI is InChI=1S/C23H29N5O6/c1-14(2)34-23(32)19(9-8-16(29)12-27-24)28-22(31)20(33-13-21(30)25-3)10-15-11-26-18-7-5-4-6-17(15)18/h4-7,11-12,14,19-20,26H,8-10,13H2,1-3H3,(H,25,30)(H,28,31)/t19-,20-/m0/s1. The summed E-state index contributed by atoms with van der Waals surface area (Å²) in [5.41, 5.74) is 10.2. The SMILES string of the molecule is CNC(=O)CO[C@@H](Cc1c[nH]c2ccccc12)C(=O)N[C@@H](CCC(=O)C=[N+]=[N-])C(=O)OC(C)C. The van der Waals surface area contributed by atoms with Gasteiger partial charge in [0.2, 0.25) is 17.6 Å². The van der Waals surface area contributed by atoms with Gasteiger partial charge < -0.3 is 30.6 Å². The van der Waals surface area contributed by atoms with Crippen LogP contribution in [0, 0.1) is 0 Å². The van der Waals surface area contributed by atoms with Crippen LogP contribution in [0.4, 0.5) is 0 Å². The van der Waals surface area contributed by atoms with E-state index in [1.54, 1.807) is 20.0 Å². The Balaban J connectivity index is 2.22. The number of esters is 1. The maximum atomic E-state index is 13.1. The number of Topliss-reactive ketones (excluding diaryl/α,β-unsaturated/α-hetero) is 1. The number of aromatic amines is 1. The number of rotatable bonds is 13. The molecule has 1 heterocycles. The van der Waals surface area contributed by atoms with Gasteiger partial charge in [0, 0.05) is 37.0 Å². The minimum Gasteiger partial charge on any atom is -0.461 e. The van der Waals surface area contributed by atoms with E-state index in [1.807, 2.05) is 24.3 Å². The van der Waals surface area contributed by atoms with E-state index < -0.39 is 41.8 Å². The molecule has 0 saturated carbocycles. The Morgan fingerprint density at radius 2 is 1.94 bits per heavy atom. The number of para-hydroxylation sites is 1. The van der Waals surface area contributed by atoms with Crippen molar-refractivity contribution in [2.75, 3.05) is 13.7 Å². The summed E-state index contributed by atoms with van der Waals surface area (Å²) in [5, 5.41) is 5.91. The maximum Gasteiger partial charge on any atom is 0.328 e. The molecule has 1 aromatic carbocycles. The Kier molecular flexibility index (Phi) is 10.1. The smallest absolute Gasteiger partial charge is 0.328 e. The molecule has 11 heteroatoms. The van der Waals surface area contributed by atoms with Crippen LogP contribution in [0.3, 0.4) is 0 Å². The van der Waals surface area contributed by atoms with Crippen LogP contribution >= 0.6 is 0 Å². The molecule has 3 N–H and O–H groups in total. The lowest BCUT2D eigenvalue weighted by atomic mass is 10.0. The Bertz CT molecular complexity index is 1070. The summed E-state index contributed by atoms with van der Waals surface area (Å²) in [6.07, 6.45) is 0.847. The van der Waals surface area contributed by atoms with Crippen LogP contribution in [-0.2, 0) is 35.1 Å². The molecule has 2 rings (SSSR count). The summed E-state index contributed by atoms with van der Waals surface area (Å²) < 4.78 is 10.8. The minimum atomic E-state index is -1.14. The van der Waals surface area contributed by atoms with Crippen molar-refractivity contribution < 1.29 is 33.4 Å². The number of hydrogen-bond donors (Lipinski definition) is 3. The highest BCUT2D eigenvalue weighted by molar-refractivity contribution is 6.25. The van der Waals surface area contributed by atoms with Gasteiger partial charge in [0.15, 0.2) is 0 Å². The number of hydrogen-bond acceptors (Lipinski definition) is 6. The van der Waals surface area contributed by atoms with Crippen LogP contribution in [0.1, 0.15) is 32.3 Å². The predicted octanol–water partition coefficient (Wildman–Crippen LogP) is 0.928. The highest BCUT2D eigenvalue weighted by atomic mass is 16.5. The van der Waals surface area contributed by atoms with Crippen LogP contribution < -0.4 is 10.6 Å². The Morgan fingerprint density at radius 3 is 2.62 bits per heavy atom. The van der Waals surface area contributed by atoms with Crippen molar-refractivity contribution in [1.29, 1.82) is 0 Å². The number of nitrogens with zero attached hydrogens (tertiary/aromatic N) is 2. The number of benzene rings is 1. The number of nitrogens with one attached hydrogen (secondary N) is 3. The fraction of sp³-hybridized carbons (Fsp3) is 0.435. The summed E-state index contributed by atoms with van der Waals surface area (Å²) in [7, 11) is 1.45. The van der Waals surface area contributed by atoms with Crippen molar-refractivity contribution in [3.05, 3.63) is 41.6 Å². The number of ether oxygens (including phenoxy) is 2. The van der Waals surface area contributed by atoms with Gasteiger partial charge in [0.25, 0.3) is 0 Å². The first-order valence-corrected chi connectivity index (χ1v) is 10.8. The second kappa shape index (κ2) is 13.0. The number of fused-ring (bicyclic) bond motifs is 1. The highest BCUT2D eigenvalue weighted by Gasteiger charge is 2.29. The molecule has 0 aliphatic rings. The lowest BCUT2D eigenvalue weighted by molar-refractivity contribution is -0.153. The van der Waals surface area contributed by atoms with Gasteiger partial charge in [-0.05, 0) is 31.9 Å². The fourth-order valence-electron chi connectivity index (χ4n) is 3.22. The lowest BCUT2D eigenvalue weighted by Crippen LogP contribution is -2.48. The van der Waals surface area contributed by atoms with Crippen molar-refractivity contribution in [1.82, 2.24) is 15.6 Å². The summed E-state index contributed by atoms with van der Waals surface area (Å²) in [6.45, 7) is 2.96. The number of ketones is 1. The molecule has 0 aliphatic heterocycles. The van der Waals surface area contributed by atoms with Gasteiger partial charge >= 0.3 is 12.2 Å². The van der Waals surface area contributed by atoms with E-state index in [-0.39, 0.29) is 25.9 Å². The third-order valence-electron chi connectivity index (χ3n) is 4.90. The predicted molar refractivity (Wildman–Crippen MR) is 123 cm³/mol. The van der Waals surface area contributed by atoms with E-state index >= 15 is 0 Å². The summed E-state index contributed by atoms with van der Waals surface area (Å²) >= 11 is 0. The molecule has 1 aromatic heterocycles. The summed E-state index contributed by atoms with van der Waals surface area (Å²) in [6, 6.07) is 6.39. The van der Waals surface area contributed by atoms with Crippen LogP contribution in [0.15, 0.2) is 30.5 Å². The number of carbonyl (C=O) groups excluding carboxylic acids is 4. The normalized spacial score (nSPS) is 12.5. The minimum absolute atomic E-state index is 0.0720. The summed E-state index contributed by atoms with van der Waals surface area (Å²) in [5.74, 6) is -2.29. The monoisotopic (exact) mass is 471 g/mol. The molecule has 11 nitrogen and oxygen atoms in total. The molecule has 2 aromatic rings.